The van der Waals surface area contributed by atoms with Gasteiger partial charge in [0.1, 0.15) is 0 Å². The van der Waals surface area contributed by atoms with E-state index in [1.54, 1.807) is 0 Å². The summed E-state index contributed by atoms with van der Waals surface area (Å²) < 4.78 is 4.65. The molecule has 8 aromatic carbocycles. The summed E-state index contributed by atoms with van der Waals surface area (Å²) in [5.41, 5.74) is 12.0. The number of hydrogen-bond donors (Lipinski definition) is 0. The summed E-state index contributed by atoms with van der Waals surface area (Å²) in [5.74, 6) is 0.701. The number of nitrogens with zero attached hydrogens (tertiary/aromatic N) is 4. The van der Waals surface area contributed by atoms with Crippen molar-refractivity contribution < 1.29 is 0 Å². The third-order valence-corrected chi connectivity index (χ3v) is 10.8. The molecule has 11 aromatic rings. The van der Waals surface area contributed by atoms with Crippen LogP contribution in [0.15, 0.2) is 194 Å². The molecule has 11 rings (SSSR count). The standard InChI is InChI=1S/C50H32N4/c1-2-15-37(16-3-1)53-31-30-43-45(53)28-29-47-48(43)42-20-7-9-23-46(42)54(47)38-17-10-14-36(32-38)50-51-44-22-8-6-19-41(44)49(52-50)35-26-24-34(25-27-35)40-21-11-13-33-12-4-5-18-39(33)40/h1-32H. The maximum Gasteiger partial charge on any atom is 0.160 e. The Kier molecular flexibility index (Phi) is 6.82. The van der Waals surface area contributed by atoms with Crippen LogP contribution >= 0.6 is 0 Å². The molecule has 0 bridgehead atoms. The zero-order valence-electron chi connectivity index (χ0n) is 29.3. The highest BCUT2D eigenvalue weighted by molar-refractivity contribution is 6.21. The molecule has 0 amide bonds. The summed E-state index contributed by atoms with van der Waals surface area (Å²) >= 11 is 0. The predicted octanol–water partition coefficient (Wildman–Crippen LogP) is 12.8. The maximum atomic E-state index is 5.29. The molecule has 3 aromatic heterocycles. The summed E-state index contributed by atoms with van der Waals surface area (Å²) in [6.07, 6.45) is 2.18. The van der Waals surface area contributed by atoms with E-state index in [9.17, 15) is 0 Å². The Morgan fingerprint density at radius 1 is 0.389 bits per heavy atom. The second-order valence-electron chi connectivity index (χ2n) is 13.8. The first-order chi connectivity index (χ1) is 26.8. The Morgan fingerprint density at radius 2 is 1.06 bits per heavy atom. The van der Waals surface area contributed by atoms with Crippen molar-refractivity contribution in [1.29, 1.82) is 0 Å². The van der Waals surface area contributed by atoms with Gasteiger partial charge in [0.2, 0.25) is 0 Å². The van der Waals surface area contributed by atoms with E-state index < -0.39 is 0 Å². The lowest BCUT2D eigenvalue weighted by Gasteiger charge is -2.13. The minimum absolute atomic E-state index is 0.701. The van der Waals surface area contributed by atoms with Crippen LogP contribution < -0.4 is 0 Å². The molecule has 0 atom stereocenters. The molecule has 0 saturated heterocycles. The van der Waals surface area contributed by atoms with Crippen molar-refractivity contribution in [2.75, 3.05) is 0 Å². The van der Waals surface area contributed by atoms with Crippen LogP contribution in [0.5, 0.6) is 0 Å². The van der Waals surface area contributed by atoms with Crippen molar-refractivity contribution in [3.63, 3.8) is 0 Å². The molecule has 0 saturated carbocycles. The second kappa shape index (κ2) is 12.1. The van der Waals surface area contributed by atoms with Crippen molar-refractivity contribution in [3.05, 3.63) is 194 Å². The lowest BCUT2D eigenvalue weighted by molar-refractivity contribution is 1.13. The normalized spacial score (nSPS) is 11.7. The Labute approximate surface area is 311 Å². The monoisotopic (exact) mass is 688 g/mol. The van der Waals surface area contributed by atoms with E-state index in [4.69, 9.17) is 9.97 Å². The Bertz CT molecular complexity index is 3200. The highest BCUT2D eigenvalue weighted by Crippen LogP contribution is 2.39. The van der Waals surface area contributed by atoms with Gasteiger partial charge < -0.3 is 9.13 Å². The first-order valence-corrected chi connectivity index (χ1v) is 18.3. The molecular weight excluding hydrogens is 657 g/mol. The van der Waals surface area contributed by atoms with Gasteiger partial charge in [0, 0.05) is 50.2 Å². The smallest absolute Gasteiger partial charge is 0.160 e. The number of para-hydroxylation sites is 3. The molecular formula is C50H32N4. The third-order valence-electron chi connectivity index (χ3n) is 10.8. The molecule has 0 aliphatic heterocycles. The molecule has 3 heterocycles. The average molecular weight is 689 g/mol. The average Bonchev–Trinajstić information content (AvgIpc) is 3.83. The predicted molar refractivity (Wildman–Crippen MR) is 225 cm³/mol. The van der Waals surface area contributed by atoms with Gasteiger partial charge in [-0.25, -0.2) is 9.97 Å². The summed E-state index contributed by atoms with van der Waals surface area (Å²) in [6, 6.07) is 66.8. The first-order valence-electron chi connectivity index (χ1n) is 18.3. The minimum atomic E-state index is 0.701. The molecule has 0 aliphatic carbocycles. The van der Waals surface area contributed by atoms with E-state index >= 15 is 0 Å². The summed E-state index contributed by atoms with van der Waals surface area (Å²) in [5, 5.41) is 7.23. The van der Waals surface area contributed by atoms with Gasteiger partial charge in [-0.1, -0.05) is 133 Å². The van der Waals surface area contributed by atoms with Crippen LogP contribution in [0, 0.1) is 0 Å². The molecule has 0 aliphatic rings. The van der Waals surface area contributed by atoms with E-state index in [-0.39, 0.29) is 0 Å². The van der Waals surface area contributed by atoms with Crippen LogP contribution in [0.3, 0.4) is 0 Å². The van der Waals surface area contributed by atoms with Gasteiger partial charge in [-0.05, 0) is 76.5 Å². The van der Waals surface area contributed by atoms with Crippen molar-refractivity contribution in [1.82, 2.24) is 19.1 Å². The molecule has 0 unspecified atom stereocenters. The number of benzene rings is 8. The van der Waals surface area contributed by atoms with Crippen LogP contribution in [0.1, 0.15) is 0 Å². The lowest BCUT2D eigenvalue weighted by atomic mass is 9.96. The van der Waals surface area contributed by atoms with E-state index in [0.717, 1.165) is 50.1 Å². The molecule has 252 valence electrons. The van der Waals surface area contributed by atoms with E-state index in [1.165, 1.54) is 43.6 Å². The molecule has 4 nitrogen and oxygen atoms in total. The van der Waals surface area contributed by atoms with Crippen molar-refractivity contribution in [2.45, 2.75) is 0 Å². The van der Waals surface area contributed by atoms with Gasteiger partial charge in [-0.3, -0.25) is 0 Å². The topological polar surface area (TPSA) is 35.6 Å². The van der Waals surface area contributed by atoms with Gasteiger partial charge in [-0.2, -0.15) is 0 Å². The fourth-order valence-corrected chi connectivity index (χ4v) is 8.27. The molecule has 0 N–H and O–H groups in total. The summed E-state index contributed by atoms with van der Waals surface area (Å²) in [7, 11) is 0. The van der Waals surface area contributed by atoms with Crippen LogP contribution in [-0.2, 0) is 0 Å². The largest absolute Gasteiger partial charge is 0.317 e. The molecule has 0 fully saturated rings. The zero-order valence-corrected chi connectivity index (χ0v) is 29.3. The number of hydrogen-bond acceptors (Lipinski definition) is 2. The van der Waals surface area contributed by atoms with Crippen molar-refractivity contribution in [2.24, 2.45) is 0 Å². The van der Waals surface area contributed by atoms with Crippen LogP contribution in [-0.4, -0.2) is 19.1 Å². The number of fused-ring (bicyclic) bond motifs is 7. The highest BCUT2D eigenvalue weighted by Gasteiger charge is 2.18. The lowest BCUT2D eigenvalue weighted by Crippen LogP contribution is -1.98. The fraction of sp³-hybridized carbons (Fsp3) is 0. The molecule has 0 radical (unpaired) electrons. The van der Waals surface area contributed by atoms with Gasteiger partial charge >= 0.3 is 0 Å². The van der Waals surface area contributed by atoms with Crippen molar-refractivity contribution in [3.8, 4) is 45.1 Å². The van der Waals surface area contributed by atoms with E-state index in [0.29, 0.717) is 5.82 Å². The molecule has 54 heavy (non-hydrogen) atoms. The minimum Gasteiger partial charge on any atom is -0.317 e. The van der Waals surface area contributed by atoms with Crippen LogP contribution in [0.25, 0.3) is 99.5 Å². The Balaban J connectivity index is 1.04. The number of aromatic nitrogens is 4. The van der Waals surface area contributed by atoms with Gasteiger partial charge in [0.05, 0.1) is 27.8 Å². The van der Waals surface area contributed by atoms with E-state index in [1.807, 2.05) is 6.07 Å². The highest BCUT2D eigenvalue weighted by atomic mass is 15.0. The Morgan fingerprint density at radius 3 is 1.94 bits per heavy atom. The van der Waals surface area contributed by atoms with Crippen LogP contribution in [0.2, 0.25) is 0 Å². The zero-order chi connectivity index (χ0) is 35.6. The molecule has 0 spiro atoms. The quantitative estimate of drug-likeness (QED) is 0.180. The summed E-state index contributed by atoms with van der Waals surface area (Å²) in [4.78, 5) is 10.4. The van der Waals surface area contributed by atoms with Crippen LogP contribution in [0.4, 0.5) is 0 Å². The maximum absolute atomic E-state index is 5.29. The van der Waals surface area contributed by atoms with Gasteiger partial charge in [0.15, 0.2) is 5.82 Å². The Hall–Kier alpha value is -7.30. The van der Waals surface area contributed by atoms with Gasteiger partial charge in [0.25, 0.3) is 0 Å². The fourth-order valence-electron chi connectivity index (χ4n) is 8.27. The summed E-state index contributed by atoms with van der Waals surface area (Å²) in [6.45, 7) is 0. The van der Waals surface area contributed by atoms with E-state index in [2.05, 4.69) is 197 Å². The first kappa shape index (κ1) is 30.3. The third kappa shape index (κ3) is 4.78. The molecule has 4 heteroatoms. The van der Waals surface area contributed by atoms with Gasteiger partial charge in [-0.15, -0.1) is 0 Å². The SMILES string of the molecule is c1ccc(-n2ccc3c4c5ccccc5n(-c5cccc(-c6nc(-c7ccc(-c8cccc9ccccc89)cc7)c7ccccc7n6)c5)c4ccc32)cc1. The number of rotatable bonds is 5. The van der Waals surface area contributed by atoms with Crippen molar-refractivity contribution >= 4 is 54.4 Å². The second-order valence-corrected chi connectivity index (χ2v) is 13.8.